The molecule has 0 aliphatic carbocycles. The molecule has 1 saturated heterocycles. The van der Waals surface area contributed by atoms with Crippen LogP contribution >= 0.6 is 11.6 Å². The first kappa shape index (κ1) is 15.8. The fourth-order valence-electron chi connectivity index (χ4n) is 2.89. The van der Waals surface area contributed by atoms with E-state index < -0.39 is 0 Å². The molecule has 0 saturated carbocycles. The lowest BCUT2D eigenvalue weighted by Crippen LogP contribution is -2.26. The fourth-order valence-corrected chi connectivity index (χ4v) is 3.16. The molecule has 0 bridgehead atoms. The van der Waals surface area contributed by atoms with E-state index in [1.807, 2.05) is 4.68 Å². The van der Waals surface area contributed by atoms with Gasteiger partial charge in [0, 0.05) is 12.6 Å². The third kappa shape index (κ3) is 3.74. The molecule has 4 nitrogen and oxygen atoms in total. The molecule has 0 amide bonds. The van der Waals surface area contributed by atoms with Crippen LogP contribution in [0.3, 0.4) is 0 Å². The van der Waals surface area contributed by atoms with Crippen LogP contribution in [0.15, 0.2) is 6.20 Å². The van der Waals surface area contributed by atoms with E-state index >= 15 is 0 Å². The maximum absolute atomic E-state index is 6.36. The number of ether oxygens (including phenoxy) is 1. The Morgan fingerprint density at radius 2 is 2.35 bits per heavy atom. The van der Waals surface area contributed by atoms with Gasteiger partial charge < -0.3 is 10.1 Å². The lowest BCUT2D eigenvalue weighted by Gasteiger charge is -2.23. The average Bonchev–Trinajstić information content (AvgIpc) is 3.04. The largest absolute Gasteiger partial charge is 0.378 e. The van der Waals surface area contributed by atoms with Gasteiger partial charge in [0.2, 0.25) is 0 Å². The summed E-state index contributed by atoms with van der Waals surface area (Å²) in [5.41, 5.74) is 1.11. The zero-order chi connectivity index (χ0) is 14.5. The number of nitrogens with one attached hydrogen (secondary N) is 1. The Kier molecular flexibility index (Phi) is 5.87. The summed E-state index contributed by atoms with van der Waals surface area (Å²) in [6, 6.07) is 0.572. The van der Waals surface area contributed by atoms with E-state index in [1.165, 1.54) is 12.8 Å². The summed E-state index contributed by atoms with van der Waals surface area (Å²) in [7, 11) is 0. The maximum Gasteiger partial charge on any atom is 0.0834 e. The normalized spacial score (nSPS) is 20.8. The minimum Gasteiger partial charge on any atom is -0.378 e. The highest BCUT2D eigenvalue weighted by atomic mass is 35.5. The molecular formula is C15H26ClN3O. The van der Waals surface area contributed by atoms with E-state index in [1.54, 1.807) is 6.20 Å². The molecule has 2 rings (SSSR count). The minimum absolute atomic E-state index is 0.251. The summed E-state index contributed by atoms with van der Waals surface area (Å²) < 4.78 is 7.76. The monoisotopic (exact) mass is 299 g/mol. The van der Waals surface area contributed by atoms with Crippen molar-refractivity contribution in [2.75, 3.05) is 13.2 Å². The van der Waals surface area contributed by atoms with Gasteiger partial charge in [0.15, 0.2) is 0 Å². The molecule has 114 valence electrons. The zero-order valence-corrected chi connectivity index (χ0v) is 13.5. The second-order valence-electron chi connectivity index (χ2n) is 5.74. The van der Waals surface area contributed by atoms with Crippen molar-refractivity contribution in [3.05, 3.63) is 16.9 Å². The Bertz CT molecular complexity index is 413. The van der Waals surface area contributed by atoms with E-state index in [2.05, 4.69) is 31.2 Å². The first-order valence-electron chi connectivity index (χ1n) is 7.71. The summed E-state index contributed by atoms with van der Waals surface area (Å²) in [4.78, 5) is 0. The van der Waals surface area contributed by atoms with E-state index in [0.29, 0.717) is 12.1 Å². The van der Waals surface area contributed by atoms with Crippen LogP contribution < -0.4 is 5.32 Å². The van der Waals surface area contributed by atoms with Crippen LogP contribution in [0.1, 0.15) is 64.2 Å². The van der Waals surface area contributed by atoms with Crippen molar-refractivity contribution in [2.45, 2.75) is 64.6 Å². The summed E-state index contributed by atoms with van der Waals surface area (Å²) in [6.45, 7) is 8.24. The highest BCUT2D eigenvalue weighted by Gasteiger charge is 2.23. The van der Waals surface area contributed by atoms with Crippen molar-refractivity contribution < 1.29 is 4.74 Å². The molecule has 20 heavy (non-hydrogen) atoms. The molecule has 1 aliphatic heterocycles. The van der Waals surface area contributed by atoms with Crippen molar-refractivity contribution in [2.24, 2.45) is 0 Å². The first-order chi connectivity index (χ1) is 9.63. The molecule has 1 fully saturated rings. The summed E-state index contributed by atoms with van der Waals surface area (Å²) >= 11 is 6.36. The molecule has 2 atom stereocenters. The van der Waals surface area contributed by atoms with Gasteiger partial charge >= 0.3 is 0 Å². The summed E-state index contributed by atoms with van der Waals surface area (Å²) in [6.07, 6.45) is 6.68. The van der Waals surface area contributed by atoms with Crippen LogP contribution in [0.25, 0.3) is 0 Å². The predicted molar refractivity (Wildman–Crippen MR) is 82.2 cm³/mol. The van der Waals surface area contributed by atoms with Gasteiger partial charge in [0.1, 0.15) is 0 Å². The smallest absolute Gasteiger partial charge is 0.0834 e. The number of hydrogen-bond acceptors (Lipinski definition) is 3. The Morgan fingerprint density at radius 3 is 2.95 bits per heavy atom. The van der Waals surface area contributed by atoms with Crippen molar-refractivity contribution in [3.63, 3.8) is 0 Å². The fraction of sp³-hybridized carbons (Fsp3) is 0.800. The van der Waals surface area contributed by atoms with E-state index in [4.69, 9.17) is 16.3 Å². The number of nitrogens with zero attached hydrogens (tertiary/aromatic N) is 2. The van der Waals surface area contributed by atoms with Crippen LogP contribution in [-0.4, -0.2) is 29.0 Å². The predicted octanol–water partition coefficient (Wildman–Crippen LogP) is 3.73. The number of hydrogen-bond donors (Lipinski definition) is 1. The van der Waals surface area contributed by atoms with Gasteiger partial charge in [-0.05, 0) is 46.1 Å². The highest BCUT2D eigenvalue weighted by Crippen LogP contribution is 2.30. The first-order valence-corrected chi connectivity index (χ1v) is 8.09. The molecular weight excluding hydrogens is 274 g/mol. The lowest BCUT2D eigenvalue weighted by atomic mass is 10.0. The van der Waals surface area contributed by atoms with E-state index in [9.17, 15) is 0 Å². The van der Waals surface area contributed by atoms with Gasteiger partial charge in [-0.1, -0.05) is 18.5 Å². The Hall–Kier alpha value is -0.580. The second kappa shape index (κ2) is 7.43. The van der Waals surface area contributed by atoms with Gasteiger partial charge in [-0.25, -0.2) is 0 Å². The third-order valence-electron chi connectivity index (χ3n) is 3.86. The average molecular weight is 300 g/mol. The second-order valence-corrected chi connectivity index (χ2v) is 6.15. The van der Waals surface area contributed by atoms with E-state index in [-0.39, 0.29) is 6.04 Å². The quantitative estimate of drug-likeness (QED) is 0.834. The standard InChI is InChI=1S/C15H26ClN3O/c1-4-17-14(8-7-12-6-5-9-20-12)15-13(16)10-18-19(15)11(2)3/h10-12,14,17H,4-9H2,1-3H3. The van der Waals surface area contributed by atoms with Gasteiger partial charge in [0.25, 0.3) is 0 Å². The number of aromatic nitrogens is 2. The van der Waals surface area contributed by atoms with Crippen LogP contribution in [0.5, 0.6) is 0 Å². The minimum atomic E-state index is 0.251. The number of halogens is 1. The van der Waals surface area contributed by atoms with Crippen LogP contribution in [0.4, 0.5) is 0 Å². The Morgan fingerprint density at radius 1 is 1.55 bits per heavy atom. The molecule has 1 N–H and O–H groups in total. The summed E-state index contributed by atoms with van der Waals surface area (Å²) in [5, 5.41) is 8.72. The topological polar surface area (TPSA) is 39.1 Å². The molecule has 1 aromatic rings. The zero-order valence-electron chi connectivity index (χ0n) is 12.7. The van der Waals surface area contributed by atoms with Crippen molar-refractivity contribution in [1.29, 1.82) is 0 Å². The maximum atomic E-state index is 6.36. The van der Waals surface area contributed by atoms with Gasteiger partial charge in [-0.15, -0.1) is 0 Å². The van der Waals surface area contributed by atoms with Crippen LogP contribution in [0.2, 0.25) is 5.02 Å². The van der Waals surface area contributed by atoms with Gasteiger partial charge in [-0.2, -0.15) is 5.10 Å². The van der Waals surface area contributed by atoms with Crippen LogP contribution in [0, 0.1) is 0 Å². The van der Waals surface area contributed by atoms with Crippen molar-refractivity contribution in [1.82, 2.24) is 15.1 Å². The van der Waals surface area contributed by atoms with Crippen LogP contribution in [-0.2, 0) is 4.74 Å². The van der Waals surface area contributed by atoms with Crippen molar-refractivity contribution in [3.8, 4) is 0 Å². The molecule has 0 spiro atoms. The molecule has 2 heterocycles. The molecule has 2 unspecified atom stereocenters. The molecule has 1 aromatic heterocycles. The summed E-state index contributed by atoms with van der Waals surface area (Å²) in [5.74, 6) is 0. The molecule has 0 radical (unpaired) electrons. The molecule has 0 aromatic carbocycles. The van der Waals surface area contributed by atoms with E-state index in [0.717, 1.165) is 36.7 Å². The Balaban J connectivity index is 2.08. The Labute approximate surface area is 126 Å². The SMILES string of the molecule is CCNC(CCC1CCCO1)c1c(Cl)cnn1C(C)C. The van der Waals surface area contributed by atoms with Gasteiger partial charge in [0.05, 0.1) is 29.1 Å². The number of rotatable bonds is 7. The van der Waals surface area contributed by atoms with Gasteiger partial charge in [-0.3, -0.25) is 4.68 Å². The third-order valence-corrected chi connectivity index (χ3v) is 4.15. The highest BCUT2D eigenvalue weighted by molar-refractivity contribution is 6.31. The lowest BCUT2D eigenvalue weighted by molar-refractivity contribution is 0.0993. The molecule has 5 heteroatoms. The van der Waals surface area contributed by atoms with Crippen molar-refractivity contribution >= 4 is 11.6 Å². The molecule has 1 aliphatic rings.